The molecule has 4 N–H and O–H groups in total. The van der Waals surface area contributed by atoms with Crippen molar-refractivity contribution in [1.82, 2.24) is 30.4 Å². The molecule has 17 heteroatoms. The highest BCUT2D eigenvalue weighted by Crippen LogP contribution is 2.41. The number of anilines is 1. The molecule has 4 heterocycles. The maximum absolute atomic E-state index is 13.0. The third-order valence-electron chi connectivity index (χ3n) is 5.69. The summed E-state index contributed by atoms with van der Waals surface area (Å²) in [6, 6.07) is 7.31. The van der Waals surface area contributed by atoms with Crippen LogP contribution in [0.3, 0.4) is 0 Å². The molecule has 1 fully saturated rings. The molecule has 2 aliphatic rings. The van der Waals surface area contributed by atoms with Crippen LogP contribution in [0.15, 0.2) is 62.6 Å². The van der Waals surface area contributed by atoms with Crippen LogP contribution in [0.4, 0.5) is 5.82 Å². The monoisotopic (exact) mass is 602 g/mol. The summed E-state index contributed by atoms with van der Waals surface area (Å²) >= 11 is 8.38. The van der Waals surface area contributed by atoms with Crippen LogP contribution in [-0.4, -0.2) is 83.7 Å². The van der Waals surface area contributed by atoms with E-state index >= 15 is 0 Å². The summed E-state index contributed by atoms with van der Waals surface area (Å²) in [5.41, 5.74) is 6.42. The van der Waals surface area contributed by atoms with Crippen molar-refractivity contribution >= 4 is 64.4 Å². The van der Waals surface area contributed by atoms with Gasteiger partial charge in [0, 0.05) is 28.3 Å². The molecule has 3 aromatic rings. The molecule has 0 radical (unpaired) electrons. The minimum Gasteiger partial charge on any atom is -0.477 e. The van der Waals surface area contributed by atoms with E-state index in [-0.39, 0.29) is 34.0 Å². The number of carbonyl (C=O) groups is 3. The van der Waals surface area contributed by atoms with E-state index in [2.05, 4.69) is 30.6 Å². The fourth-order valence-electron chi connectivity index (χ4n) is 3.89. The number of β-lactam (4-membered cyclic amide) rings is 1. The first-order valence-electron chi connectivity index (χ1n) is 11.4. The molecule has 0 spiro atoms. The number of halogens is 1. The van der Waals surface area contributed by atoms with E-state index < -0.39 is 29.2 Å². The number of oxime groups is 1. The Morgan fingerprint density at radius 2 is 2.10 bits per heavy atom. The first-order chi connectivity index (χ1) is 19.3. The minimum absolute atomic E-state index is 0.0926. The van der Waals surface area contributed by atoms with Crippen molar-refractivity contribution in [2.45, 2.75) is 16.6 Å². The fraction of sp³-hybridized carbons (Fsp3) is 0.217. The number of nitrogens with zero attached hydrogens (tertiary/aromatic N) is 6. The quantitative estimate of drug-likeness (QED) is 0.138. The minimum atomic E-state index is -1.26. The molecule has 1 saturated heterocycles. The van der Waals surface area contributed by atoms with Gasteiger partial charge >= 0.3 is 5.97 Å². The number of aromatic nitrogens is 4. The lowest BCUT2D eigenvalue weighted by Crippen LogP contribution is -2.71. The molecule has 0 aliphatic carbocycles. The van der Waals surface area contributed by atoms with E-state index in [0.29, 0.717) is 27.8 Å². The number of carbonyl (C=O) groups excluding carboxylic acids is 2. The number of hydrogen-bond donors (Lipinski definition) is 3. The van der Waals surface area contributed by atoms with Gasteiger partial charge in [0.05, 0.1) is 0 Å². The smallest absolute Gasteiger partial charge is 0.352 e. The first-order valence-corrected chi connectivity index (χ1v) is 13.8. The summed E-state index contributed by atoms with van der Waals surface area (Å²) in [5.74, 6) is -1.82. The van der Waals surface area contributed by atoms with Crippen LogP contribution in [0.2, 0.25) is 5.02 Å². The molecule has 2 aromatic heterocycles. The molecule has 206 valence electrons. The lowest BCUT2D eigenvalue weighted by molar-refractivity contribution is -0.150. The molecule has 2 amide bonds. The Morgan fingerprint density at radius 3 is 2.80 bits per heavy atom. The number of thioether (sulfide) groups is 2. The molecule has 0 bridgehead atoms. The Morgan fingerprint density at radius 1 is 1.32 bits per heavy atom. The van der Waals surface area contributed by atoms with E-state index in [1.54, 1.807) is 24.3 Å². The highest BCUT2D eigenvalue weighted by Gasteiger charge is 2.54. The second kappa shape index (κ2) is 11.5. The summed E-state index contributed by atoms with van der Waals surface area (Å²) in [4.78, 5) is 52.0. The van der Waals surface area contributed by atoms with Gasteiger partial charge < -0.3 is 25.4 Å². The SMILES string of the molecule is CON=C(C(=O)NC1C(=O)N2C(C(=O)O)=C(CSc3nnc(-c4ccc(Cl)cc4)o3)CS[C@@H]12)c1nccc(N)n1. The Bertz CT molecular complexity index is 1550. The first kappa shape index (κ1) is 27.4. The molecule has 0 saturated carbocycles. The van der Waals surface area contributed by atoms with E-state index in [1.165, 1.54) is 31.1 Å². The summed E-state index contributed by atoms with van der Waals surface area (Å²) in [5, 5.41) is 24.4. The van der Waals surface area contributed by atoms with Crippen molar-refractivity contribution in [2.24, 2.45) is 5.16 Å². The summed E-state index contributed by atoms with van der Waals surface area (Å²) < 4.78 is 5.68. The van der Waals surface area contributed by atoms with Gasteiger partial charge in [-0.25, -0.2) is 14.8 Å². The third kappa shape index (κ3) is 5.45. The van der Waals surface area contributed by atoms with Crippen LogP contribution in [-0.2, 0) is 19.2 Å². The number of aliphatic carboxylic acids is 1. The highest BCUT2D eigenvalue weighted by atomic mass is 35.5. The zero-order valence-corrected chi connectivity index (χ0v) is 22.9. The van der Waals surface area contributed by atoms with Gasteiger partial charge in [-0.3, -0.25) is 14.5 Å². The normalized spacial score (nSPS) is 18.7. The number of nitrogens with two attached hydrogens (primary N) is 1. The summed E-state index contributed by atoms with van der Waals surface area (Å²) in [6.07, 6.45) is 1.35. The maximum atomic E-state index is 13.0. The van der Waals surface area contributed by atoms with E-state index in [4.69, 9.17) is 26.6 Å². The number of nitrogens with one attached hydrogen (secondary N) is 1. The molecule has 14 nitrogen and oxygen atoms in total. The Labute approximate surface area is 239 Å². The molecular formula is C23H19ClN8O6S2. The lowest BCUT2D eigenvalue weighted by atomic mass is 10.0. The fourth-order valence-corrected chi connectivity index (χ4v) is 6.27. The number of amides is 2. The van der Waals surface area contributed by atoms with E-state index in [9.17, 15) is 19.5 Å². The lowest BCUT2D eigenvalue weighted by Gasteiger charge is -2.49. The van der Waals surface area contributed by atoms with Crippen LogP contribution in [0.25, 0.3) is 11.5 Å². The number of fused-ring (bicyclic) bond motifs is 1. The molecular weight excluding hydrogens is 584 g/mol. The molecule has 2 aliphatic heterocycles. The molecule has 1 unspecified atom stereocenters. The van der Waals surface area contributed by atoms with Gasteiger partial charge in [-0.2, -0.15) is 0 Å². The molecule has 1 aromatic carbocycles. The number of hydrogen-bond acceptors (Lipinski definition) is 13. The number of carboxylic acid groups (broad SMARTS) is 1. The van der Waals surface area contributed by atoms with Crippen LogP contribution < -0.4 is 11.1 Å². The Kier molecular flexibility index (Phi) is 7.90. The van der Waals surface area contributed by atoms with Crippen molar-refractivity contribution in [1.29, 1.82) is 0 Å². The second-order valence-corrected chi connectivity index (χ2v) is 10.7. The van der Waals surface area contributed by atoms with E-state index in [0.717, 1.165) is 16.7 Å². The standard InChI is InChI=1S/C23H19ClN8O6S2/c1-37-31-14(17-26-7-6-13(25)27-17)18(33)28-15-20(34)32-16(22(35)36)11(8-39-21(15)32)9-40-23-30-29-19(38-23)10-2-4-12(24)5-3-10/h2-7,15,21H,8-9H2,1H3,(H,28,33)(H,35,36)(H2,25,26,27)/t15?,21-/m0/s1. The third-order valence-corrected chi connectivity index (χ3v) is 8.19. The summed E-state index contributed by atoms with van der Waals surface area (Å²) in [6.45, 7) is 0. The predicted octanol–water partition coefficient (Wildman–Crippen LogP) is 1.64. The number of nitrogen functional groups attached to an aromatic ring is 1. The van der Waals surface area contributed by atoms with Crippen LogP contribution in [0, 0.1) is 0 Å². The largest absolute Gasteiger partial charge is 0.477 e. The van der Waals surface area contributed by atoms with E-state index in [1.807, 2.05) is 0 Å². The van der Waals surface area contributed by atoms with Crippen molar-refractivity contribution < 1.29 is 28.7 Å². The number of carboxylic acids is 1. The Hall–Kier alpha value is -4.15. The van der Waals surface area contributed by atoms with Gasteiger partial charge in [-0.05, 0) is 35.9 Å². The molecule has 40 heavy (non-hydrogen) atoms. The zero-order chi connectivity index (χ0) is 28.4. The van der Waals surface area contributed by atoms with Crippen molar-refractivity contribution in [3.8, 4) is 11.5 Å². The van der Waals surface area contributed by atoms with Gasteiger partial charge in [0.1, 0.15) is 30.0 Å². The topological polar surface area (TPSA) is 199 Å². The van der Waals surface area contributed by atoms with Gasteiger partial charge in [-0.1, -0.05) is 28.5 Å². The van der Waals surface area contributed by atoms with Crippen molar-refractivity contribution in [2.75, 3.05) is 24.3 Å². The second-order valence-electron chi connectivity index (χ2n) is 8.21. The van der Waals surface area contributed by atoms with Gasteiger partial charge in [0.2, 0.25) is 11.6 Å². The Balaban J connectivity index is 1.28. The van der Waals surface area contributed by atoms with Gasteiger partial charge in [0.25, 0.3) is 17.0 Å². The van der Waals surface area contributed by atoms with Crippen LogP contribution in [0.1, 0.15) is 5.82 Å². The average molecular weight is 603 g/mol. The van der Waals surface area contributed by atoms with Crippen LogP contribution >= 0.6 is 35.1 Å². The summed E-state index contributed by atoms with van der Waals surface area (Å²) in [7, 11) is 1.24. The van der Waals surface area contributed by atoms with Crippen LogP contribution in [0.5, 0.6) is 0 Å². The van der Waals surface area contributed by atoms with Crippen molar-refractivity contribution in [3.05, 3.63) is 58.6 Å². The predicted molar refractivity (Wildman–Crippen MR) is 145 cm³/mol. The van der Waals surface area contributed by atoms with Gasteiger partial charge in [-0.15, -0.1) is 22.0 Å². The van der Waals surface area contributed by atoms with Crippen molar-refractivity contribution in [3.63, 3.8) is 0 Å². The maximum Gasteiger partial charge on any atom is 0.352 e. The molecule has 5 rings (SSSR count). The molecule has 2 atom stereocenters. The highest BCUT2D eigenvalue weighted by molar-refractivity contribution is 8.01. The number of rotatable bonds is 9. The number of benzene rings is 1. The zero-order valence-electron chi connectivity index (χ0n) is 20.5. The average Bonchev–Trinajstić information content (AvgIpc) is 3.42. The van der Waals surface area contributed by atoms with Gasteiger partial charge in [0.15, 0.2) is 5.82 Å².